The van der Waals surface area contributed by atoms with Gasteiger partial charge in [-0.2, -0.15) is 5.10 Å². The van der Waals surface area contributed by atoms with Crippen LogP contribution >= 0.6 is 0 Å². The zero-order chi connectivity index (χ0) is 11.6. The molecule has 4 nitrogen and oxygen atoms in total. The topological polar surface area (TPSA) is 39.1 Å². The number of aromatic nitrogens is 2. The fourth-order valence-corrected chi connectivity index (χ4v) is 2.65. The third kappa shape index (κ3) is 1.87. The molecule has 1 aromatic rings. The molecular weight excluding hydrogens is 202 g/mol. The predicted molar refractivity (Wildman–Crippen MR) is 63.3 cm³/mol. The maximum Gasteiger partial charge on any atom is 0.0864 e. The Kier molecular flexibility index (Phi) is 3.30. The van der Waals surface area contributed by atoms with Crippen molar-refractivity contribution in [3.63, 3.8) is 0 Å². The van der Waals surface area contributed by atoms with E-state index in [1.165, 1.54) is 5.69 Å². The Morgan fingerprint density at radius 3 is 3.06 bits per heavy atom. The molecule has 2 atom stereocenters. The molecule has 1 aromatic heterocycles. The second-order valence-corrected chi connectivity index (χ2v) is 4.56. The molecule has 0 amide bonds. The second-order valence-electron chi connectivity index (χ2n) is 4.56. The molecule has 0 saturated carbocycles. The highest BCUT2D eigenvalue weighted by molar-refractivity contribution is 5.13. The van der Waals surface area contributed by atoms with Crippen molar-refractivity contribution in [2.24, 2.45) is 0 Å². The van der Waals surface area contributed by atoms with Crippen molar-refractivity contribution in [3.8, 4) is 0 Å². The Morgan fingerprint density at radius 2 is 2.50 bits per heavy atom. The van der Waals surface area contributed by atoms with E-state index < -0.39 is 0 Å². The van der Waals surface area contributed by atoms with Gasteiger partial charge in [-0.25, -0.2) is 0 Å². The first-order valence-corrected chi connectivity index (χ1v) is 6.04. The van der Waals surface area contributed by atoms with E-state index in [2.05, 4.69) is 30.3 Å². The van der Waals surface area contributed by atoms with Crippen molar-refractivity contribution in [1.82, 2.24) is 15.1 Å². The molecule has 0 radical (unpaired) electrons. The largest absolute Gasteiger partial charge is 0.373 e. The quantitative estimate of drug-likeness (QED) is 0.845. The van der Waals surface area contributed by atoms with E-state index in [-0.39, 0.29) is 11.6 Å². The molecular formula is C12H21N3O. The van der Waals surface area contributed by atoms with Gasteiger partial charge in [-0.3, -0.25) is 4.68 Å². The summed E-state index contributed by atoms with van der Waals surface area (Å²) in [4.78, 5) is 0. The van der Waals surface area contributed by atoms with Crippen LogP contribution < -0.4 is 5.32 Å². The van der Waals surface area contributed by atoms with Crippen LogP contribution in [-0.4, -0.2) is 29.0 Å². The lowest BCUT2D eigenvalue weighted by Crippen LogP contribution is -2.40. The SMILES string of the molecule is CCn1nccc1C(NC)C1(C)CCCO1. The zero-order valence-electron chi connectivity index (χ0n) is 10.4. The summed E-state index contributed by atoms with van der Waals surface area (Å²) in [7, 11) is 1.99. The van der Waals surface area contributed by atoms with Gasteiger partial charge in [0, 0.05) is 19.3 Å². The fraction of sp³-hybridized carbons (Fsp3) is 0.750. The van der Waals surface area contributed by atoms with Crippen LogP contribution in [0.25, 0.3) is 0 Å². The Balaban J connectivity index is 2.28. The third-order valence-electron chi connectivity index (χ3n) is 3.49. The summed E-state index contributed by atoms with van der Waals surface area (Å²) in [6.45, 7) is 6.07. The van der Waals surface area contributed by atoms with E-state index in [1.807, 2.05) is 17.9 Å². The van der Waals surface area contributed by atoms with Crippen LogP contribution in [0.2, 0.25) is 0 Å². The smallest absolute Gasteiger partial charge is 0.0864 e. The summed E-state index contributed by atoms with van der Waals surface area (Å²) < 4.78 is 7.95. The normalized spacial score (nSPS) is 27.2. The number of hydrogen-bond acceptors (Lipinski definition) is 3. The van der Waals surface area contributed by atoms with E-state index in [4.69, 9.17) is 4.74 Å². The summed E-state index contributed by atoms with van der Waals surface area (Å²) in [6, 6.07) is 2.30. The molecule has 90 valence electrons. The van der Waals surface area contributed by atoms with Crippen molar-refractivity contribution in [3.05, 3.63) is 18.0 Å². The lowest BCUT2D eigenvalue weighted by Gasteiger charge is -2.33. The van der Waals surface area contributed by atoms with Gasteiger partial charge in [0.05, 0.1) is 17.3 Å². The minimum absolute atomic E-state index is 0.0955. The number of nitrogens with zero attached hydrogens (tertiary/aromatic N) is 2. The van der Waals surface area contributed by atoms with Crippen LogP contribution in [0.3, 0.4) is 0 Å². The molecule has 2 rings (SSSR count). The first-order chi connectivity index (χ1) is 7.71. The van der Waals surface area contributed by atoms with Crippen LogP contribution in [0.15, 0.2) is 12.3 Å². The minimum atomic E-state index is -0.0955. The summed E-state index contributed by atoms with van der Waals surface area (Å²) in [5, 5.41) is 7.70. The number of aryl methyl sites for hydroxylation is 1. The Morgan fingerprint density at radius 1 is 1.69 bits per heavy atom. The molecule has 4 heteroatoms. The number of hydrogen-bond donors (Lipinski definition) is 1. The molecule has 2 heterocycles. The van der Waals surface area contributed by atoms with Gasteiger partial charge < -0.3 is 10.1 Å². The predicted octanol–water partition coefficient (Wildman–Crippen LogP) is 1.73. The van der Waals surface area contributed by atoms with Crippen LogP contribution in [0.4, 0.5) is 0 Å². The highest BCUT2D eigenvalue weighted by atomic mass is 16.5. The van der Waals surface area contributed by atoms with Gasteiger partial charge in [-0.05, 0) is 39.8 Å². The fourth-order valence-electron chi connectivity index (χ4n) is 2.65. The number of ether oxygens (including phenoxy) is 1. The van der Waals surface area contributed by atoms with Crippen molar-refractivity contribution in [2.75, 3.05) is 13.7 Å². The molecule has 1 fully saturated rings. The highest BCUT2D eigenvalue weighted by Gasteiger charge is 2.39. The monoisotopic (exact) mass is 223 g/mol. The number of likely N-dealkylation sites (N-methyl/N-ethyl adjacent to an activating group) is 1. The minimum Gasteiger partial charge on any atom is -0.373 e. The molecule has 2 unspecified atom stereocenters. The van der Waals surface area contributed by atoms with Crippen molar-refractivity contribution in [2.45, 2.75) is 44.9 Å². The summed E-state index contributed by atoms with van der Waals surface area (Å²) in [5.74, 6) is 0. The molecule has 0 aliphatic carbocycles. The first-order valence-electron chi connectivity index (χ1n) is 6.04. The third-order valence-corrected chi connectivity index (χ3v) is 3.49. The van der Waals surface area contributed by atoms with Crippen LogP contribution in [0.5, 0.6) is 0 Å². The van der Waals surface area contributed by atoms with Gasteiger partial charge in [0.1, 0.15) is 0 Å². The van der Waals surface area contributed by atoms with Crippen molar-refractivity contribution < 1.29 is 4.74 Å². The summed E-state index contributed by atoms with van der Waals surface area (Å²) in [6.07, 6.45) is 4.11. The first kappa shape index (κ1) is 11.6. The van der Waals surface area contributed by atoms with Gasteiger partial charge in [0.25, 0.3) is 0 Å². The molecule has 1 aliphatic heterocycles. The molecule has 16 heavy (non-hydrogen) atoms. The molecule has 1 aliphatic rings. The molecule has 0 aromatic carbocycles. The molecule has 1 saturated heterocycles. The van der Waals surface area contributed by atoms with Gasteiger partial charge in [-0.15, -0.1) is 0 Å². The Hall–Kier alpha value is -0.870. The maximum absolute atomic E-state index is 5.91. The molecule has 0 spiro atoms. The second kappa shape index (κ2) is 4.55. The Labute approximate surface area is 97.0 Å². The lowest BCUT2D eigenvalue weighted by atomic mass is 9.90. The van der Waals surface area contributed by atoms with Crippen molar-refractivity contribution >= 4 is 0 Å². The summed E-state index contributed by atoms with van der Waals surface area (Å²) in [5.41, 5.74) is 1.12. The standard InChI is InChI=1S/C12H21N3O/c1-4-15-10(6-8-14-15)11(13-3)12(2)7-5-9-16-12/h6,8,11,13H,4-5,7,9H2,1-3H3. The van der Waals surface area contributed by atoms with Crippen molar-refractivity contribution in [1.29, 1.82) is 0 Å². The summed E-state index contributed by atoms with van der Waals surface area (Å²) >= 11 is 0. The van der Waals surface area contributed by atoms with Crippen LogP contribution in [0, 0.1) is 0 Å². The number of nitrogens with one attached hydrogen (secondary N) is 1. The highest BCUT2D eigenvalue weighted by Crippen LogP contribution is 2.36. The Bertz CT molecular complexity index is 342. The van der Waals surface area contributed by atoms with E-state index in [0.717, 1.165) is 26.0 Å². The van der Waals surface area contributed by atoms with Gasteiger partial charge in [0.15, 0.2) is 0 Å². The molecule has 0 bridgehead atoms. The van der Waals surface area contributed by atoms with E-state index >= 15 is 0 Å². The van der Waals surface area contributed by atoms with E-state index in [9.17, 15) is 0 Å². The van der Waals surface area contributed by atoms with Gasteiger partial charge in [-0.1, -0.05) is 0 Å². The zero-order valence-corrected chi connectivity index (χ0v) is 10.4. The van der Waals surface area contributed by atoms with E-state index in [1.54, 1.807) is 0 Å². The molecule has 1 N–H and O–H groups in total. The van der Waals surface area contributed by atoms with Gasteiger partial charge >= 0.3 is 0 Å². The maximum atomic E-state index is 5.91. The number of rotatable bonds is 4. The van der Waals surface area contributed by atoms with Crippen LogP contribution in [-0.2, 0) is 11.3 Å². The van der Waals surface area contributed by atoms with Crippen LogP contribution in [0.1, 0.15) is 38.4 Å². The van der Waals surface area contributed by atoms with E-state index in [0.29, 0.717) is 0 Å². The lowest BCUT2D eigenvalue weighted by molar-refractivity contribution is -0.0127. The average Bonchev–Trinajstić information content (AvgIpc) is 2.89. The van der Waals surface area contributed by atoms with Gasteiger partial charge in [0.2, 0.25) is 0 Å². The average molecular weight is 223 g/mol.